The first kappa shape index (κ1) is 20.2. The molecule has 1 heterocycles. The second kappa shape index (κ2) is 10.2. The van der Waals surface area contributed by atoms with Crippen LogP contribution in [0.3, 0.4) is 0 Å². The zero-order chi connectivity index (χ0) is 18.9. The number of carbonyl (C=O) groups excluding carboxylic acids is 2. The smallest absolute Gasteiger partial charge is 0.317 e. The fourth-order valence-electron chi connectivity index (χ4n) is 3.34. The van der Waals surface area contributed by atoms with Crippen LogP contribution in [0.1, 0.15) is 24.8 Å². The van der Waals surface area contributed by atoms with E-state index in [-0.39, 0.29) is 24.5 Å². The number of hydrogen-bond donors (Lipinski definition) is 1. The van der Waals surface area contributed by atoms with Crippen LogP contribution in [0.5, 0.6) is 0 Å². The van der Waals surface area contributed by atoms with Gasteiger partial charge in [-0.2, -0.15) is 0 Å². The predicted octanol–water partition coefficient (Wildman–Crippen LogP) is 1.81. The Hall–Kier alpha value is -2.08. The molecule has 0 bridgehead atoms. The summed E-state index contributed by atoms with van der Waals surface area (Å²) in [6.07, 6.45) is 4.36. The number of amides is 3. The standard InChI is InChI=1S/C20H32N4O2/c1-22(2)20(26)21-15-19(25)23(3)18-12-8-14-24(16-18)13-7-11-17-9-5-4-6-10-17/h4-6,9-10,18H,7-8,11-16H2,1-3H3,(H,21,26)/t18-/m0/s1. The van der Waals surface area contributed by atoms with Gasteiger partial charge in [0.25, 0.3) is 0 Å². The molecule has 0 unspecified atom stereocenters. The topological polar surface area (TPSA) is 55.9 Å². The van der Waals surface area contributed by atoms with E-state index in [0.717, 1.165) is 45.3 Å². The maximum absolute atomic E-state index is 12.3. The molecule has 6 heteroatoms. The molecule has 1 aromatic rings. The van der Waals surface area contributed by atoms with Crippen molar-refractivity contribution < 1.29 is 9.59 Å². The molecule has 1 fully saturated rings. The van der Waals surface area contributed by atoms with Gasteiger partial charge >= 0.3 is 6.03 Å². The lowest BCUT2D eigenvalue weighted by molar-refractivity contribution is -0.131. The molecular formula is C20H32N4O2. The van der Waals surface area contributed by atoms with Gasteiger partial charge in [0, 0.05) is 33.7 Å². The Morgan fingerprint density at radius 2 is 1.92 bits per heavy atom. The highest BCUT2D eigenvalue weighted by Gasteiger charge is 2.26. The molecule has 6 nitrogen and oxygen atoms in total. The number of piperidine rings is 1. The molecule has 1 aromatic carbocycles. The minimum Gasteiger partial charge on any atom is -0.340 e. The van der Waals surface area contributed by atoms with E-state index >= 15 is 0 Å². The summed E-state index contributed by atoms with van der Waals surface area (Å²) >= 11 is 0. The van der Waals surface area contributed by atoms with Gasteiger partial charge in [-0.05, 0) is 44.3 Å². The molecule has 1 N–H and O–H groups in total. The molecule has 1 aliphatic heterocycles. The number of likely N-dealkylation sites (N-methyl/N-ethyl adjacent to an activating group) is 1. The molecule has 0 radical (unpaired) electrons. The molecule has 144 valence electrons. The van der Waals surface area contributed by atoms with Crippen molar-refractivity contribution in [3.63, 3.8) is 0 Å². The van der Waals surface area contributed by atoms with E-state index in [2.05, 4.69) is 34.5 Å². The van der Waals surface area contributed by atoms with Crippen LogP contribution in [0.4, 0.5) is 4.79 Å². The van der Waals surface area contributed by atoms with Crippen molar-refractivity contribution in [2.75, 3.05) is 47.3 Å². The largest absolute Gasteiger partial charge is 0.340 e. The SMILES string of the molecule is CN(C)C(=O)NCC(=O)N(C)[C@H]1CCCN(CCCc2ccccc2)C1. The van der Waals surface area contributed by atoms with Gasteiger partial charge in [-0.25, -0.2) is 4.79 Å². The summed E-state index contributed by atoms with van der Waals surface area (Å²) in [6.45, 7) is 3.13. The van der Waals surface area contributed by atoms with E-state index < -0.39 is 0 Å². The molecule has 1 aliphatic rings. The summed E-state index contributed by atoms with van der Waals surface area (Å²) in [5.41, 5.74) is 1.38. The van der Waals surface area contributed by atoms with Gasteiger partial charge in [-0.15, -0.1) is 0 Å². The second-order valence-corrected chi connectivity index (χ2v) is 7.24. The average molecular weight is 361 g/mol. The molecule has 3 amide bonds. The third-order valence-corrected chi connectivity index (χ3v) is 5.00. The number of likely N-dealkylation sites (tertiary alicyclic amines) is 1. The zero-order valence-corrected chi connectivity index (χ0v) is 16.3. The van der Waals surface area contributed by atoms with Crippen molar-refractivity contribution in [1.82, 2.24) is 20.0 Å². The second-order valence-electron chi connectivity index (χ2n) is 7.24. The van der Waals surface area contributed by atoms with Gasteiger partial charge in [0.05, 0.1) is 6.54 Å². The Morgan fingerprint density at radius 3 is 2.62 bits per heavy atom. The van der Waals surface area contributed by atoms with Crippen LogP contribution in [-0.2, 0) is 11.2 Å². The van der Waals surface area contributed by atoms with E-state index in [1.54, 1.807) is 19.0 Å². The summed E-state index contributed by atoms with van der Waals surface area (Å²) in [5, 5.41) is 2.65. The third kappa shape index (κ3) is 6.33. The molecule has 0 saturated carbocycles. The van der Waals surface area contributed by atoms with Crippen LogP contribution < -0.4 is 5.32 Å². The highest BCUT2D eigenvalue weighted by atomic mass is 16.2. The number of urea groups is 1. The molecule has 0 aliphatic carbocycles. The van der Waals surface area contributed by atoms with E-state index in [1.807, 2.05) is 13.1 Å². The number of aryl methyl sites for hydroxylation is 1. The lowest BCUT2D eigenvalue weighted by Gasteiger charge is -2.37. The van der Waals surface area contributed by atoms with Crippen molar-refractivity contribution in [3.05, 3.63) is 35.9 Å². The third-order valence-electron chi connectivity index (χ3n) is 5.00. The van der Waals surface area contributed by atoms with E-state index in [9.17, 15) is 9.59 Å². The normalized spacial score (nSPS) is 17.6. The summed E-state index contributed by atoms with van der Waals surface area (Å²) in [4.78, 5) is 29.6. The molecule has 0 spiro atoms. The van der Waals surface area contributed by atoms with Gasteiger partial charge in [-0.1, -0.05) is 30.3 Å². The maximum Gasteiger partial charge on any atom is 0.317 e. The van der Waals surface area contributed by atoms with Crippen molar-refractivity contribution in [2.24, 2.45) is 0 Å². The highest BCUT2D eigenvalue weighted by molar-refractivity contribution is 5.83. The van der Waals surface area contributed by atoms with Gasteiger partial charge in [0.15, 0.2) is 0 Å². The van der Waals surface area contributed by atoms with Crippen molar-refractivity contribution >= 4 is 11.9 Å². The lowest BCUT2D eigenvalue weighted by atomic mass is 10.0. The molecule has 1 atom stereocenters. The van der Waals surface area contributed by atoms with Gasteiger partial charge in [0.1, 0.15) is 0 Å². The van der Waals surface area contributed by atoms with Crippen molar-refractivity contribution in [3.8, 4) is 0 Å². The summed E-state index contributed by atoms with van der Waals surface area (Å²) in [5.74, 6) is -0.0312. The molecule has 26 heavy (non-hydrogen) atoms. The minimum absolute atomic E-state index is 0.0312. The first-order chi connectivity index (χ1) is 12.5. The average Bonchev–Trinajstić information content (AvgIpc) is 2.66. The van der Waals surface area contributed by atoms with Crippen LogP contribution in [0, 0.1) is 0 Å². The number of hydrogen-bond acceptors (Lipinski definition) is 3. The molecule has 0 aromatic heterocycles. The van der Waals surface area contributed by atoms with E-state index in [0.29, 0.717) is 0 Å². The first-order valence-electron chi connectivity index (χ1n) is 9.44. The molecule has 2 rings (SSSR count). The predicted molar refractivity (Wildman–Crippen MR) is 104 cm³/mol. The summed E-state index contributed by atoms with van der Waals surface area (Å²) < 4.78 is 0. The minimum atomic E-state index is -0.238. The van der Waals surface area contributed by atoms with Gasteiger partial charge in [0.2, 0.25) is 5.91 Å². The first-order valence-corrected chi connectivity index (χ1v) is 9.44. The Kier molecular flexibility index (Phi) is 7.91. The number of nitrogens with zero attached hydrogens (tertiary/aromatic N) is 3. The summed E-state index contributed by atoms with van der Waals surface area (Å²) in [7, 11) is 5.18. The molecule has 1 saturated heterocycles. The quantitative estimate of drug-likeness (QED) is 0.807. The summed E-state index contributed by atoms with van der Waals surface area (Å²) in [6, 6.07) is 10.6. The Bertz CT molecular complexity index is 576. The number of nitrogens with one attached hydrogen (secondary N) is 1. The van der Waals surface area contributed by atoms with Crippen LogP contribution in [0.25, 0.3) is 0 Å². The maximum atomic E-state index is 12.3. The van der Waals surface area contributed by atoms with Crippen LogP contribution in [-0.4, -0.2) is 80.0 Å². The zero-order valence-electron chi connectivity index (χ0n) is 16.3. The fraction of sp³-hybridized carbons (Fsp3) is 0.600. The van der Waals surface area contributed by atoms with Crippen LogP contribution in [0.15, 0.2) is 30.3 Å². The number of carbonyl (C=O) groups is 2. The number of benzene rings is 1. The van der Waals surface area contributed by atoms with Gasteiger partial charge in [-0.3, -0.25) is 4.79 Å². The van der Waals surface area contributed by atoms with Crippen LogP contribution >= 0.6 is 0 Å². The highest BCUT2D eigenvalue weighted by Crippen LogP contribution is 2.16. The number of rotatable bonds is 7. The lowest BCUT2D eigenvalue weighted by Crippen LogP contribution is -2.51. The van der Waals surface area contributed by atoms with Crippen LogP contribution in [0.2, 0.25) is 0 Å². The Morgan fingerprint density at radius 1 is 1.19 bits per heavy atom. The van der Waals surface area contributed by atoms with Crippen molar-refractivity contribution in [1.29, 1.82) is 0 Å². The monoisotopic (exact) mass is 360 g/mol. The molecular weight excluding hydrogens is 328 g/mol. The fourth-order valence-corrected chi connectivity index (χ4v) is 3.34. The van der Waals surface area contributed by atoms with Gasteiger partial charge < -0.3 is 20.0 Å². The van der Waals surface area contributed by atoms with E-state index in [4.69, 9.17) is 0 Å². The van der Waals surface area contributed by atoms with Crippen molar-refractivity contribution in [2.45, 2.75) is 31.7 Å². The van der Waals surface area contributed by atoms with E-state index in [1.165, 1.54) is 10.5 Å². The Labute approximate surface area is 157 Å². The Balaban J connectivity index is 1.74.